The molecule has 2 aromatic carbocycles. The van der Waals surface area contributed by atoms with Crippen molar-refractivity contribution in [2.75, 3.05) is 7.11 Å². The normalized spacial score (nSPS) is 11.0. The molecule has 4 rings (SSSR count). The first kappa shape index (κ1) is 19.1. The SMILES string of the molecule is COc1ccc(-c2cc3ncn(CC(=O)c4cc(C)ccc4C)c(=O)c3s2)cc1. The van der Waals surface area contributed by atoms with E-state index >= 15 is 0 Å². The van der Waals surface area contributed by atoms with Gasteiger partial charge in [-0.05, 0) is 61.4 Å². The third-order valence-corrected chi connectivity index (χ3v) is 6.05. The average Bonchev–Trinajstić information content (AvgIpc) is 3.17. The number of ether oxygens (including phenoxy) is 1. The van der Waals surface area contributed by atoms with Gasteiger partial charge in [0.25, 0.3) is 5.56 Å². The zero-order chi connectivity index (χ0) is 20.5. The Morgan fingerprint density at radius 1 is 1.10 bits per heavy atom. The number of fused-ring (bicyclic) bond motifs is 1. The van der Waals surface area contributed by atoms with Gasteiger partial charge < -0.3 is 4.74 Å². The largest absolute Gasteiger partial charge is 0.497 e. The summed E-state index contributed by atoms with van der Waals surface area (Å²) in [5.41, 5.74) is 4.00. The van der Waals surface area contributed by atoms with Crippen LogP contribution in [0.4, 0.5) is 0 Å². The van der Waals surface area contributed by atoms with Crippen LogP contribution in [0.25, 0.3) is 20.7 Å². The summed E-state index contributed by atoms with van der Waals surface area (Å²) in [7, 11) is 1.63. The molecule has 0 fully saturated rings. The van der Waals surface area contributed by atoms with Crippen LogP contribution >= 0.6 is 11.3 Å². The molecule has 0 radical (unpaired) electrons. The lowest BCUT2D eigenvalue weighted by molar-refractivity contribution is 0.0970. The molecule has 5 nitrogen and oxygen atoms in total. The Balaban J connectivity index is 1.68. The van der Waals surface area contributed by atoms with E-state index in [1.165, 1.54) is 22.2 Å². The fourth-order valence-corrected chi connectivity index (χ4v) is 4.30. The van der Waals surface area contributed by atoms with Gasteiger partial charge in [-0.3, -0.25) is 14.2 Å². The monoisotopic (exact) mass is 404 g/mol. The Kier molecular flexibility index (Phi) is 5.03. The molecule has 0 saturated heterocycles. The standard InChI is InChI=1S/C23H20N2O3S/c1-14-4-5-15(2)18(10-14)20(26)12-25-13-24-19-11-21(29-22(19)23(25)27)16-6-8-17(28-3)9-7-16/h4-11,13H,12H2,1-3H3. The van der Waals surface area contributed by atoms with Gasteiger partial charge in [-0.1, -0.05) is 17.7 Å². The number of rotatable bonds is 5. The second-order valence-electron chi connectivity index (χ2n) is 6.97. The number of methoxy groups -OCH3 is 1. The van der Waals surface area contributed by atoms with Crippen molar-refractivity contribution in [1.29, 1.82) is 0 Å². The minimum atomic E-state index is -0.196. The Hall–Kier alpha value is -3.25. The molecule has 0 aliphatic carbocycles. The number of hydrogen-bond acceptors (Lipinski definition) is 5. The topological polar surface area (TPSA) is 61.2 Å². The van der Waals surface area contributed by atoms with Gasteiger partial charge in [-0.15, -0.1) is 11.3 Å². The molecule has 0 atom stereocenters. The van der Waals surface area contributed by atoms with Crippen LogP contribution in [0.15, 0.2) is 59.7 Å². The van der Waals surface area contributed by atoms with Gasteiger partial charge in [0.15, 0.2) is 5.78 Å². The van der Waals surface area contributed by atoms with Crippen molar-refractivity contribution in [2.24, 2.45) is 0 Å². The van der Waals surface area contributed by atoms with Crippen LogP contribution in [0.5, 0.6) is 5.75 Å². The lowest BCUT2D eigenvalue weighted by Gasteiger charge is -2.08. The van der Waals surface area contributed by atoms with Gasteiger partial charge in [0.05, 0.1) is 25.5 Å². The predicted molar refractivity (Wildman–Crippen MR) is 116 cm³/mol. The molecule has 0 aliphatic heterocycles. The average molecular weight is 404 g/mol. The molecule has 2 aromatic heterocycles. The maximum Gasteiger partial charge on any atom is 0.271 e. The highest BCUT2D eigenvalue weighted by Crippen LogP contribution is 2.31. The highest BCUT2D eigenvalue weighted by molar-refractivity contribution is 7.22. The van der Waals surface area contributed by atoms with Crippen molar-refractivity contribution in [1.82, 2.24) is 9.55 Å². The van der Waals surface area contributed by atoms with Crippen molar-refractivity contribution in [3.8, 4) is 16.2 Å². The summed E-state index contributed by atoms with van der Waals surface area (Å²) in [6.45, 7) is 3.82. The highest BCUT2D eigenvalue weighted by atomic mass is 32.1. The van der Waals surface area contributed by atoms with E-state index in [1.807, 2.05) is 62.4 Å². The van der Waals surface area contributed by atoms with Crippen molar-refractivity contribution in [3.63, 3.8) is 0 Å². The van der Waals surface area contributed by atoms with E-state index in [1.54, 1.807) is 7.11 Å². The molecule has 0 amide bonds. The smallest absolute Gasteiger partial charge is 0.271 e. The maximum absolute atomic E-state index is 13.0. The third kappa shape index (κ3) is 3.71. The molecule has 0 aliphatic rings. The summed E-state index contributed by atoms with van der Waals surface area (Å²) in [5.74, 6) is 0.682. The molecule has 0 saturated carbocycles. The van der Waals surface area contributed by atoms with Gasteiger partial charge in [-0.2, -0.15) is 0 Å². The second kappa shape index (κ2) is 7.64. The molecule has 6 heteroatoms. The number of nitrogens with zero attached hydrogens (tertiary/aromatic N) is 2. The number of carbonyl (C=O) groups excluding carboxylic acids is 1. The number of Topliss-reactive ketones (excluding diaryl/α,β-unsaturated/α-hetero) is 1. The highest BCUT2D eigenvalue weighted by Gasteiger charge is 2.15. The zero-order valence-corrected chi connectivity index (χ0v) is 17.2. The fraction of sp³-hybridized carbons (Fsp3) is 0.174. The number of carbonyl (C=O) groups is 1. The Morgan fingerprint density at radius 2 is 1.86 bits per heavy atom. The van der Waals surface area contributed by atoms with Crippen LogP contribution in [0.1, 0.15) is 21.5 Å². The van der Waals surface area contributed by atoms with Crippen LogP contribution in [-0.4, -0.2) is 22.4 Å². The molecular weight excluding hydrogens is 384 g/mol. The zero-order valence-electron chi connectivity index (χ0n) is 16.4. The van der Waals surface area contributed by atoms with E-state index in [0.29, 0.717) is 15.8 Å². The Morgan fingerprint density at radius 3 is 2.59 bits per heavy atom. The summed E-state index contributed by atoms with van der Waals surface area (Å²) in [4.78, 5) is 31.1. The molecule has 0 unspecified atom stereocenters. The third-order valence-electron chi connectivity index (χ3n) is 4.89. The van der Waals surface area contributed by atoms with E-state index in [4.69, 9.17) is 4.74 Å². The first-order valence-corrected chi connectivity index (χ1v) is 10.0. The van der Waals surface area contributed by atoms with Crippen LogP contribution in [0.3, 0.4) is 0 Å². The molecule has 0 bridgehead atoms. The van der Waals surface area contributed by atoms with Crippen molar-refractivity contribution >= 4 is 27.3 Å². The molecule has 2 heterocycles. The summed E-state index contributed by atoms with van der Waals surface area (Å²) >= 11 is 1.39. The molecule has 0 spiro atoms. The summed E-state index contributed by atoms with van der Waals surface area (Å²) in [6, 6.07) is 15.3. The fourth-order valence-electron chi connectivity index (χ4n) is 3.23. The Bertz CT molecular complexity index is 1270. The van der Waals surface area contributed by atoms with Crippen molar-refractivity contribution < 1.29 is 9.53 Å². The van der Waals surface area contributed by atoms with E-state index in [0.717, 1.165) is 27.3 Å². The number of aromatic nitrogens is 2. The van der Waals surface area contributed by atoms with Gasteiger partial charge >= 0.3 is 0 Å². The predicted octanol–water partition coefficient (Wildman–Crippen LogP) is 4.63. The van der Waals surface area contributed by atoms with E-state index in [9.17, 15) is 9.59 Å². The van der Waals surface area contributed by atoms with Crippen LogP contribution < -0.4 is 10.3 Å². The second-order valence-corrected chi connectivity index (χ2v) is 8.02. The molecule has 4 aromatic rings. The first-order chi connectivity index (χ1) is 14.0. The number of thiophene rings is 1. The van der Waals surface area contributed by atoms with Gasteiger partial charge in [-0.25, -0.2) is 4.98 Å². The van der Waals surface area contributed by atoms with E-state index in [2.05, 4.69) is 4.98 Å². The van der Waals surface area contributed by atoms with E-state index < -0.39 is 0 Å². The minimum absolute atomic E-state index is 0.0260. The van der Waals surface area contributed by atoms with E-state index in [-0.39, 0.29) is 17.9 Å². The molecule has 0 N–H and O–H groups in total. The minimum Gasteiger partial charge on any atom is -0.497 e. The number of hydrogen-bond donors (Lipinski definition) is 0. The van der Waals surface area contributed by atoms with Crippen molar-refractivity contribution in [3.05, 3.63) is 81.9 Å². The van der Waals surface area contributed by atoms with Gasteiger partial charge in [0.2, 0.25) is 0 Å². The number of benzene rings is 2. The quantitative estimate of drug-likeness (QED) is 0.455. The molecular formula is C23H20N2O3S. The number of aryl methyl sites for hydroxylation is 2. The van der Waals surface area contributed by atoms with Crippen LogP contribution in [0.2, 0.25) is 0 Å². The first-order valence-electron chi connectivity index (χ1n) is 9.20. The lowest BCUT2D eigenvalue weighted by Crippen LogP contribution is -2.24. The summed E-state index contributed by atoms with van der Waals surface area (Å²) in [5, 5.41) is 0. The van der Waals surface area contributed by atoms with Crippen molar-refractivity contribution in [2.45, 2.75) is 20.4 Å². The van der Waals surface area contributed by atoms with Crippen LogP contribution in [-0.2, 0) is 6.54 Å². The Labute approximate surface area is 172 Å². The molecule has 29 heavy (non-hydrogen) atoms. The maximum atomic E-state index is 13.0. The molecule has 146 valence electrons. The van der Waals surface area contributed by atoms with Crippen LogP contribution in [0, 0.1) is 13.8 Å². The van der Waals surface area contributed by atoms with Gasteiger partial charge in [0, 0.05) is 10.4 Å². The lowest BCUT2D eigenvalue weighted by atomic mass is 10.0. The summed E-state index contributed by atoms with van der Waals surface area (Å²) < 4.78 is 7.13. The number of ketones is 1. The van der Waals surface area contributed by atoms with Gasteiger partial charge in [0.1, 0.15) is 10.4 Å². The summed E-state index contributed by atoms with van der Waals surface area (Å²) in [6.07, 6.45) is 1.46.